The quantitative estimate of drug-likeness (QED) is 0.296. The van der Waals surface area contributed by atoms with Crippen LogP contribution in [0.4, 0.5) is 5.69 Å². The number of nitrogens with zero attached hydrogens (tertiary/aromatic N) is 1. The summed E-state index contributed by atoms with van der Waals surface area (Å²) >= 11 is 5.16. The number of hydrogen-bond acceptors (Lipinski definition) is 3. The molecule has 8 heteroatoms. The first kappa shape index (κ1) is 21.2. The molecule has 0 saturated heterocycles. The molecule has 0 fully saturated rings. The Bertz CT molecular complexity index is 780. The Hall–Kier alpha value is -1.13. The van der Waals surface area contributed by atoms with Crippen LogP contribution in [0.5, 0.6) is 0 Å². The Kier molecular flexibility index (Phi) is 8.36. The van der Waals surface area contributed by atoms with Crippen LogP contribution in [0.3, 0.4) is 0 Å². The van der Waals surface area contributed by atoms with Gasteiger partial charge in [-0.1, -0.05) is 18.2 Å². The number of rotatable bonds is 5. The topological polar surface area (TPSA) is 65.5 Å². The summed E-state index contributed by atoms with van der Waals surface area (Å²) in [4.78, 5) is 17.8. The molecule has 2 heterocycles. The fourth-order valence-corrected chi connectivity index (χ4v) is 4.25. The van der Waals surface area contributed by atoms with Gasteiger partial charge in [0.05, 0.1) is 10.3 Å². The van der Waals surface area contributed by atoms with Crippen LogP contribution in [0.1, 0.15) is 29.7 Å². The number of hydrogen-bond donors (Lipinski definition) is 3. The maximum absolute atomic E-state index is 11.9. The minimum Gasteiger partial charge on any atom is -0.357 e. The molecular weight excluding hydrogens is 527 g/mol. The fourth-order valence-electron chi connectivity index (χ4n) is 2.84. The highest BCUT2D eigenvalue weighted by atomic mass is 127. The highest BCUT2D eigenvalue weighted by molar-refractivity contribution is 14.0. The first-order chi connectivity index (χ1) is 12.2. The molecule has 0 saturated carbocycles. The van der Waals surface area contributed by atoms with Crippen molar-refractivity contribution in [3.05, 3.63) is 50.6 Å². The molecular formula is C18H22BrIN4OS. The maximum Gasteiger partial charge on any atom is 0.225 e. The third kappa shape index (κ3) is 5.68. The van der Waals surface area contributed by atoms with Crippen LogP contribution < -0.4 is 16.0 Å². The van der Waals surface area contributed by atoms with Gasteiger partial charge in [-0.05, 0) is 46.6 Å². The molecule has 2 aromatic rings. The Morgan fingerprint density at radius 2 is 2.12 bits per heavy atom. The first-order valence-electron chi connectivity index (χ1n) is 8.31. The number of nitrogens with one attached hydrogen (secondary N) is 3. The van der Waals surface area contributed by atoms with E-state index in [9.17, 15) is 4.79 Å². The zero-order valence-corrected chi connectivity index (χ0v) is 19.2. The zero-order chi connectivity index (χ0) is 17.6. The van der Waals surface area contributed by atoms with Crippen LogP contribution in [0.2, 0.25) is 0 Å². The van der Waals surface area contributed by atoms with Crippen molar-refractivity contribution in [2.75, 3.05) is 18.4 Å². The molecule has 1 atom stereocenters. The second kappa shape index (κ2) is 10.3. The van der Waals surface area contributed by atoms with Crippen LogP contribution >= 0.6 is 51.2 Å². The molecule has 1 aliphatic heterocycles. The second-order valence-corrected chi connectivity index (χ2v) is 8.37. The van der Waals surface area contributed by atoms with Gasteiger partial charge in [0, 0.05) is 36.0 Å². The highest BCUT2D eigenvalue weighted by Crippen LogP contribution is 2.31. The van der Waals surface area contributed by atoms with E-state index in [1.165, 1.54) is 10.4 Å². The molecule has 140 valence electrons. The predicted molar refractivity (Wildman–Crippen MR) is 123 cm³/mol. The molecule has 1 aliphatic rings. The number of guanidine groups is 1. The summed E-state index contributed by atoms with van der Waals surface area (Å²) in [5, 5.41) is 9.58. The lowest BCUT2D eigenvalue weighted by atomic mass is 9.90. The lowest BCUT2D eigenvalue weighted by molar-refractivity contribution is -0.116. The van der Waals surface area contributed by atoms with Gasteiger partial charge in [0.15, 0.2) is 5.96 Å². The molecule has 26 heavy (non-hydrogen) atoms. The predicted octanol–water partition coefficient (Wildman–Crippen LogP) is 4.31. The Morgan fingerprint density at radius 3 is 2.85 bits per heavy atom. The number of fused-ring (bicyclic) bond motifs is 1. The fraction of sp³-hybridized carbons (Fsp3) is 0.333. The smallest absolute Gasteiger partial charge is 0.225 e. The number of amides is 1. The normalized spacial score (nSPS) is 16.3. The van der Waals surface area contributed by atoms with Gasteiger partial charge in [-0.25, -0.2) is 4.99 Å². The molecule has 3 rings (SSSR count). The van der Waals surface area contributed by atoms with Crippen LogP contribution in [0, 0.1) is 0 Å². The molecule has 3 N–H and O–H groups in total. The minimum absolute atomic E-state index is 0. The van der Waals surface area contributed by atoms with Crippen molar-refractivity contribution in [1.29, 1.82) is 0 Å². The summed E-state index contributed by atoms with van der Waals surface area (Å²) in [5.74, 6) is 0.982. The molecule has 0 spiro atoms. The average Bonchev–Trinajstić information content (AvgIpc) is 3.02. The van der Waals surface area contributed by atoms with Crippen LogP contribution in [-0.4, -0.2) is 25.0 Å². The van der Waals surface area contributed by atoms with Gasteiger partial charge >= 0.3 is 0 Å². The molecule has 5 nitrogen and oxygen atoms in total. The largest absolute Gasteiger partial charge is 0.357 e. The molecule has 1 aromatic carbocycles. The number of thiophene rings is 1. The second-order valence-electron chi connectivity index (χ2n) is 5.82. The first-order valence-corrected chi connectivity index (χ1v) is 9.92. The van der Waals surface area contributed by atoms with Crippen LogP contribution in [0.25, 0.3) is 0 Å². The van der Waals surface area contributed by atoms with Crippen molar-refractivity contribution in [1.82, 2.24) is 10.6 Å². The van der Waals surface area contributed by atoms with E-state index in [-0.39, 0.29) is 35.8 Å². The summed E-state index contributed by atoms with van der Waals surface area (Å²) in [6.45, 7) is 4.14. The highest BCUT2D eigenvalue weighted by Gasteiger charge is 2.24. The molecule has 0 bridgehead atoms. The number of carbonyl (C=O) groups is 1. The van der Waals surface area contributed by atoms with E-state index in [2.05, 4.69) is 49.0 Å². The SMILES string of the molecule is CCNC(=NCc1ccc(Br)s1)NCC1CC(=O)Nc2ccccc21.I. The van der Waals surface area contributed by atoms with E-state index in [1.54, 1.807) is 11.3 Å². The van der Waals surface area contributed by atoms with E-state index in [0.717, 1.165) is 22.0 Å². The van der Waals surface area contributed by atoms with Crippen LogP contribution in [-0.2, 0) is 11.3 Å². The maximum atomic E-state index is 11.9. The Morgan fingerprint density at radius 1 is 1.31 bits per heavy atom. The summed E-state index contributed by atoms with van der Waals surface area (Å²) in [5.41, 5.74) is 2.09. The summed E-state index contributed by atoms with van der Waals surface area (Å²) in [6.07, 6.45) is 0.487. The standard InChI is InChI=1S/C18H21BrN4OS.HI/c1-2-20-18(22-11-13-7-8-16(19)25-13)21-10-12-9-17(24)23-15-6-4-3-5-14(12)15;/h3-8,12H,2,9-11H2,1H3,(H,23,24)(H2,20,21,22);1H. The van der Waals surface area contributed by atoms with Crippen molar-refractivity contribution in [3.8, 4) is 0 Å². The lowest BCUT2D eigenvalue weighted by Crippen LogP contribution is -2.40. The van der Waals surface area contributed by atoms with Crippen molar-refractivity contribution in [2.24, 2.45) is 4.99 Å². The molecule has 0 aliphatic carbocycles. The Labute approximate surface area is 183 Å². The monoisotopic (exact) mass is 548 g/mol. The molecule has 1 aromatic heterocycles. The number of carbonyl (C=O) groups excluding carboxylic acids is 1. The third-order valence-corrected chi connectivity index (χ3v) is 5.60. The van der Waals surface area contributed by atoms with Crippen molar-refractivity contribution in [3.63, 3.8) is 0 Å². The van der Waals surface area contributed by atoms with Gasteiger partial charge in [-0.15, -0.1) is 35.3 Å². The van der Waals surface area contributed by atoms with E-state index in [1.807, 2.05) is 31.2 Å². The van der Waals surface area contributed by atoms with E-state index in [4.69, 9.17) is 0 Å². The van der Waals surface area contributed by atoms with Gasteiger partial charge in [-0.2, -0.15) is 0 Å². The zero-order valence-electron chi connectivity index (χ0n) is 14.4. The lowest BCUT2D eigenvalue weighted by Gasteiger charge is -2.26. The average molecular weight is 549 g/mol. The van der Waals surface area contributed by atoms with Crippen molar-refractivity contribution < 1.29 is 4.79 Å². The van der Waals surface area contributed by atoms with E-state index in [0.29, 0.717) is 19.5 Å². The number of aliphatic imine (C=N–C) groups is 1. The minimum atomic E-state index is 0. The van der Waals surface area contributed by atoms with Crippen molar-refractivity contribution in [2.45, 2.75) is 25.8 Å². The molecule has 1 amide bonds. The summed E-state index contributed by atoms with van der Waals surface area (Å²) < 4.78 is 1.11. The Balaban J connectivity index is 0.00000243. The number of para-hydroxylation sites is 1. The van der Waals surface area contributed by atoms with Gasteiger partial charge in [0.25, 0.3) is 0 Å². The number of anilines is 1. The van der Waals surface area contributed by atoms with Gasteiger partial charge < -0.3 is 16.0 Å². The van der Waals surface area contributed by atoms with Gasteiger partial charge in [0.1, 0.15) is 0 Å². The van der Waals surface area contributed by atoms with E-state index >= 15 is 0 Å². The summed E-state index contributed by atoms with van der Waals surface area (Å²) in [7, 11) is 0. The molecule has 1 unspecified atom stereocenters. The number of halogens is 2. The van der Waals surface area contributed by atoms with Gasteiger partial charge in [0.2, 0.25) is 5.91 Å². The van der Waals surface area contributed by atoms with E-state index < -0.39 is 0 Å². The van der Waals surface area contributed by atoms with Gasteiger partial charge in [-0.3, -0.25) is 4.79 Å². The summed E-state index contributed by atoms with van der Waals surface area (Å²) in [6, 6.07) is 12.1. The third-order valence-electron chi connectivity index (χ3n) is 3.99. The van der Waals surface area contributed by atoms with Crippen LogP contribution in [0.15, 0.2) is 45.2 Å². The van der Waals surface area contributed by atoms with Crippen molar-refractivity contribution >= 4 is 68.8 Å². The number of benzene rings is 1. The molecule has 0 radical (unpaired) electrons.